The highest BCUT2D eigenvalue weighted by molar-refractivity contribution is 5.59. The van der Waals surface area contributed by atoms with Crippen molar-refractivity contribution in [3.63, 3.8) is 0 Å². The summed E-state index contributed by atoms with van der Waals surface area (Å²) in [5.74, 6) is -0.993. The van der Waals surface area contributed by atoms with Crippen LogP contribution in [0.5, 0.6) is 5.75 Å². The number of hydrogen-bond donors (Lipinski definition) is 4. The zero-order valence-corrected chi connectivity index (χ0v) is 21.5. The van der Waals surface area contributed by atoms with Gasteiger partial charge in [-0.2, -0.15) is 18.2 Å². The van der Waals surface area contributed by atoms with Crippen LogP contribution in [0.3, 0.4) is 0 Å². The summed E-state index contributed by atoms with van der Waals surface area (Å²) in [5, 5.41) is 19.0. The van der Waals surface area contributed by atoms with Crippen molar-refractivity contribution in [2.75, 3.05) is 30.3 Å². The van der Waals surface area contributed by atoms with E-state index < -0.39 is 29.8 Å². The zero-order chi connectivity index (χ0) is 27.1. The van der Waals surface area contributed by atoms with E-state index in [1.165, 1.54) is 12.1 Å². The van der Waals surface area contributed by atoms with Gasteiger partial charge in [0.15, 0.2) is 11.6 Å². The average Bonchev–Trinajstić information content (AvgIpc) is 3.32. The first-order valence-electron chi connectivity index (χ1n) is 13.1. The Morgan fingerprint density at radius 3 is 2.82 bits per heavy atom. The smallest absolute Gasteiger partial charge is 0.420 e. The summed E-state index contributed by atoms with van der Waals surface area (Å²) >= 11 is 0. The number of piperidine rings is 2. The van der Waals surface area contributed by atoms with Gasteiger partial charge in [0.1, 0.15) is 18.0 Å². The number of benzene rings is 1. The Morgan fingerprint density at radius 1 is 1.24 bits per heavy atom. The van der Waals surface area contributed by atoms with Crippen molar-refractivity contribution in [3.05, 3.63) is 35.8 Å². The third-order valence-electron chi connectivity index (χ3n) is 7.75. The second-order valence-corrected chi connectivity index (χ2v) is 11.0. The molecule has 0 amide bonds. The molecule has 0 bridgehead atoms. The van der Waals surface area contributed by atoms with Gasteiger partial charge in [-0.3, -0.25) is 4.90 Å². The van der Waals surface area contributed by atoms with Crippen LogP contribution in [0.15, 0.2) is 24.4 Å². The lowest BCUT2D eigenvalue weighted by atomic mass is 9.84. The molecule has 2 unspecified atom stereocenters. The van der Waals surface area contributed by atoms with Crippen molar-refractivity contribution in [1.29, 1.82) is 0 Å². The minimum Gasteiger partial charge on any atom is -0.487 e. The first-order valence-corrected chi connectivity index (χ1v) is 13.1. The molecule has 4 heterocycles. The van der Waals surface area contributed by atoms with E-state index in [0.29, 0.717) is 19.0 Å². The summed E-state index contributed by atoms with van der Waals surface area (Å²) in [6.45, 7) is 6.25. The minimum atomic E-state index is -4.69. The van der Waals surface area contributed by atoms with Crippen LogP contribution in [0.2, 0.25) is 0 Å². The second kappa shape index (κ2) is 10.5. The number of nitrogens with zero attached hydrogens (tertiary/aromatic N) is 3. The highest BCUT2D eigenvalue weighted by Gasteiger charge is 2.43. The Balaban J connectivity index is 1.32. The number of rotatable bonds is 6. The summed E-state index contributed by atoms with van der Waals surface area (Å²) in [4.78, 5) is 10.7. The molecule has 0 spiro atoms. The molecule has 38 heavy (non-hydrogen) atoms. The molecule has 3 fully saturated rings. The fourth-order valence-corrected chi connectivity index (χ4v) is 6.02. The Labute approximate surface area is 219 Å². The van der Waals surface area contributed by atoms with Gasteiger partial charge in [-0.05, 0) is 77.2 Å². The van der Waals surface area contributed by atoms with Gasteiger partial charge in [-0.15, -0.1) is 0 Å². The van der Waals surface area contributed by atoms with Crippen molar-refractivity contribution in [2.24, 2.45) is 0 Å². The highest BCUT2D eigenvalue weighted by atomic mass is 19.4. The maximum Gasteiger partial charge on any atom is 0.420 e. The molecule has 208 valence electrons. The molecule has 8 nitrogen and oxygen atoms in total. The number of aliphatic hydroxyl groups is 1. The lowest BCUT2D eigenvalue weighted by Gasteiger charge is -2.47. The summed E-state index contributed by atoms with van der Waals surface area (Å²) in [5.41, 5.74) is -0.934. The van der Waals surface area contributed by atoms with E-state index in [2.05, 4.69) is 44.7 Å². The third-order valence-corrected chi connectivity index (χ3v) is 7.75. The number of ether oxygens (including phenoxy) is 1. The van der Waals surface area contributed by atoms with Crippen LogP contribution in [0.1, 0.15) is 51.5 Å². The maximum atomic E-state index is 14.6. The molecule has 3 aliphatic heterocycles. The Morgan fingerprint density at radius 2 is 2.05 bits per heavy atom. The third kappa shape index (κ3) is 5.81. The summed E-state index contributed by atoms with van der Waals surface area (Å²) < 4.78 is 61.8. The van der Waals surface area contributed by atoms with Gasteiger partial charge < -0.3 is 25.8 Å². The Bertz CT molecular complexity index is 1150. The van der Waals surface area contributed by atoms with Gasteiger partial charge in [-0.25, -0.2) is 9.37 Å². The van der Waals surface area contributed by atoms with Gasteiger partial charge in [0, 0.05) is 29.9 Å². The van der Waals surface area contributed by atoms with E-state index in [0.717, 1.165) is 44.5 Å². The molecule has 1 aromatic carbocycles. The van der Waals surface area contributed by atoms with Crippen LogP contribution in [0.25, 0.3) is 0 Å². The van der Waals surface area contributed by atoms with Crippen molar-refractivity contribution >= 4 is 17.5 Å². The Kier molecular flexibility index (Phi) is 7.40. The molecule has 4 N–H and O–H groups in total. The second-order valence-electron chi connectivity index (χ2n) is 11.0. The topological polar surface area (TPSA) is 94.6 Å². The molecule has 2 aromatic rings. The van der Waals surface area contributed by atoms with Crippen molar-refractivity contribution in [1.82, 2.24) is 20.2 Å². The van der Waals surface area contributed by atoms with Crippen LogP contribution in [-0.4, -0.2) is 69.4 Å². The molecule has 4 atom stereocenters. The van der Waals surface area contributed by atoms with E-state index in [1.54, 1.807) is 0 Å². The standard InChI is InChI=1S/C26H34F4N6O2/c1-25(2)12-16(10-17-4-3-9-36(17)25)33-23-19(27)13-32-24(35-23)34-15-5-6-21(18(11-15)26(28,29)30)38-22-7-8-31-14-20(22)37/h5-6,11,13,16-17,20,22,31,37H,3-4,7-10,12,14H2,1-2H3,(H2,32,33,34,35)/t16-,17+,20?,22?/m1/s1. The first-order chi connectivity index (χ1) is 18.0. The van der Waals surface area contributed by atoms with E-state index in [9.17, 15) is 22.7 Å². The van der Waals surface area contributed by atoms with Crippen molar-refractivity contribution < 1.29 is 27.4 Å². The van der Waals surface area contributed by atoms with Crippen LogP contribution < -0.4 is 20.7 Å². The van der Waals surface area contributed by atoms with E-state index in [4.69, 9.17) is 4.74 Å². The Hall–Kier alpha value is -2.70. The summed E-state index contributed by atoms with van der Waals surface area (Å²) in [7, 11) is 0. The van der Waals surface area contributed by atoms with Crippen molar-refractivity contribution in [3.8, 4) is 5.75 Å². The number of aliphatic hydroxyl groups excluding tert-OH is 1. The largest absolute Gasteiger partial charge is 0.487 e. The molecule has 0 radical (unpaired) electrons. The summed E-state index contributed by atoms with van der Waals surface area (Å²) in [6, 6.07) is 3.98. The van der Waals surface area contributed by atoms with E-state index >= 15 is 0 Å². The van der Waals surface area contributed by atoms with Gasteiger partial charge in [0.25, 0.3) is 0 Å². The number of hydrogen-bond acceptors (Lipinski definition) is 8. The predicted molar refractivity (Wildman–Crippen MR) is 135 cm³/mol. The monoisotopic (exact) mass is 538 g/mol. The SMILES string of the molecule is CC1(C)C[C@H](Nc2nc(Nc3ccc(OC4CCNCC4O)c(C(F)(F)F)c3)ncc2F)C[C@@H]2CCCN21. The van der Waals surface area contributed by atoms with E-state index in [1.807, 2.05) is 0 Å². The molecule has 5 rings (SSSR count). The maximum absolute atomic E-state index is 14.6. The van der Waals surface area contributed by atoms with E-state index in [-0.39, 0.29) is 41.3 Å². The fourth-order valence-electron chi connectivity index (χ4n) is 6.02. The van der Waals surface area contributed by atoms with Crippen LogP contribution >= 0.6 is 0 Å². The normalized spacial score (nSPS) is 27.6. The number of fused-ring (bicyclic) bond motifs is 1. The van der Waals surface area contributed by atoms with Gasteiger partial charge >= 0.3 is 6.18 Å². The molecule has 3 saturated heterocycles. The molecule has 0 saturated carbocycles. The quantitative estimate of drug-likeness (QED) is 0.405. The number of nitrogens with one attached hydrogen (secondary N) is 3. The number of halogens is 4. The number of β-amino-alcohol motifs (C(OH)–C–C–N with tert-alkyl or cyclic N) is 1. The van der Waals surface area contributed by atoms with Crippen molar-refractivity contribution in [2.45, 2.75) is 82.0 Å². The molecular formula is C26H34F4N6O2. The zero-order valence-electron chi connectivity index (χ0n) is 21.5. The molecular weight excluding hydrogens is 504 g/mol. The van der Waals surface area contributed by atoms with Gasteiger partial charge in [-0.1, -0.05) is 0 Å². The minimum absolute atomic E-state index is 0.0141. The molecule has 3 aliphatic rings. The van der Waals surface area contributed by atoms with Crippen LogP contribution in [0.4, 0.5) is 35.0 Å². The lowest BCUT2D eigenvalue weighted by molar-refractivity contribution is -0.139. The van der Waals surface area contributed by atoms with Gasteiger partial charge in [0.2, 0.25) is 5.95 Å². The summed E-state index contributed by atoms with van der Waals surface area (Å²) in [6.07, 6.45) is -1.00. The average molecular weight is 539 g/mol. The molecule has 12 heteroatoms. The number of alkyl halides is 3. The first kappa shape index (κ1) is 26.9. The fraction of sp³-hybridized carbons (Fsp3) is 0.615. The lowest BCUT2D eigenvalue weighted by Crippen LogP contribution is -2.55. The highest BCUT2D eigenvalue weighted by Crippen LogP contribution is 2.40. The number of anilines is 3. The molecule has 0 aliphatic carbocycles. The molecule has 1 aromatic heterocycles. The van der Waals surface area contributed by atoms with Crippen LogP contribution in [0, 0.1) is 5.82 Å². The van der Waals surface area contributed by atoms with Crippen LogP contribution in [-0.2, 0) is 6.18 Å². The predicted octanol–water partition coefficient (Wildman–Crippen LogP) is 4.30. The van der Waals surface area contributed by atoms with Gasteiger partial charge in [0.05, 0.1) is 11.8 Å². The number of aromatic nitrogens is 2.